The molecule has 0 spiro atoms. The molecule has 0 bridgehead atoms. The number of carbonyl (C=O) groups excluding carboxylic acids is 1. The lowest BCUT2D eigenvalue weighted by atomic mass is 9.94. The highest BCUT2D eigenvalue weighted by atomic mass is 16.1. The lowest BCUT2D eigenvalue weighted by Crippen LogP contribution is -2.10. The van der Waals surface area contributed by atoms with Crippen LogP contribution in [0.4, 0.5) is 0 Å². The number of hydrogen-bond donors (Lipinski definition) is 0. The molecule has 0 aromatic carbocycles. The van der Waals surface area contributed by atoms with Gasteiger partial charge in [0, 0.05) is 11.5 Å². The zero-order valence-corrected chi connectivity index (χ0v) is 7.63. The minimum atomic E-state index is 0.0889. The van der Waals surface area contributed by atoms with Crippen LogP contribution in [-0.4, -0.2) is 5.78 Å². The van der Waals surface area contributed by atoms with Crippen LogP contribution in [-0.2, 0) is 4.79 Å². The maximum absolute atomic E-state index is 11.5. The maximum atomic E-state index is 11.5. The van der Waals surface area contributed by atoms with Gasteiger partial charge in [-0.05, 0) is 11.5 Å². The van der Waals surface area contributed by atoms with Crippen molar-refractivity contribution in [3.8, 4) is 0 Å². The van der Waals surface area contributed by atoms with E-state index in [-0.39, 0.29) is 11.7 Å². The fraction of sp³-hybridized carbons (Fsp3) is 0.364. The van der Waals surface area contributed by atoms with Crippen LogP contribution in [0.3, 0.4) is 0 Å². The van der Waals surface area contributed by atoms with Crippen molar-refractivity contribution < 1.29 is 4.79 Å². The Kier molecular flexibility index (Phi) is 2.32. The van der Waals surface area contributed by atoms with E-state index in [0.717, 1.165) is 11.1 Å². The van der Waals surface area contributed by atoms with E-state index in [1.807, 2.05) is 6.92 Å². The Hall–Kier alpha value is -1.11. The van der Waals surface area contributed by atoms with Gasteiger partial charge in [-0.1, -0.05) is 39.2 Å². The Morgan fingerprint density at radius 1 is 1.17 bits per heavy atom. The van der Waals surface area contributed by atoms with Crippen LogP contribution >= 0.6 is 0 Å². The average molecular weight is 162 g/mol. The van der Waals surface area contributed by atoms with Gasteiger partial charge in [0.1, 0.15) is 0 Å². The minimum absolute atomic E-state index is 0.0889. The van der Waals surface area contributed by atoms with Crippen LogP contribution in [0, 0.1) is 11.8 Å². The molecule has 0 aromatic heterocycles. The lowest BCUT2D eigenvalue weighted by molar-refractivity contribution is -0.118. The van der Waals surface area contributed by atoms with Gasteiger partial charge >= 0.3 is 0 Å². The first-order valence-electron chi connectivity index (χ1n) is 4.16. The van der Waals surface area contributed by atoms with Crippen molar-refractivity contribution in [2.75, 3.05) is 0 Å². The monoisotopic (exact) mass is 162 g/mol. The van der Waals surface area contributed by atoms with Gasteiger partial charge in [-0.3, -0.25) is 4.79 Å². The zero-order chi connectivity index (χ0) is 9.30. The van der Waals surface area contributed by atoms with Gasteiger partial charge in [-0.2, -0.15) is 0 Å². The average Bonchev–Trinajstić information content (AvgIpc) is 2.29. The summed E-state index contributed by atoms with van der Waals surface area (Å²) < 4.78 is 0. The highest BCUT2D eigenvalue weighted by molar-refractivity contribution is 6.03. The van der Waals surface area contributed by atoms with E-state index in [0.29, 0.717) is 5.92 Å². The van der Waals surface area contributed by atoms with Crippen LogP contribution in [0.1, 0.15) is 13.8 Å². The van der Waals surface area contributed by atoms with Gasteiger partial charge in [0.15, 0.2) is 5.78 Å². The van der Waals surface area contributed by atoms with Crippen LogP contribution < -0.4 is 0 Å². The molecular weight excluding hydrogens is 148 g/mol. The van der Waals surface area contributed by atoms with E-state index in [1.165, 1.54) is 0 Å². The first-order chi connectivity index (χ1) is 5.63. The minimum Gasteiger partial charge on any atom is -0.294 e. The van der Waals surface area contributed by atoms with Crippen molar-refractivity contribution in [3.63, 3.8) is 0 Å². The van der Waals surface area contributed by atoms with Gasteiger partial charge in [-0.25, -0.2) is 0 Å². The number of ketones is 1. The maximum Gasteiger partial charge on any atom is 0.166 e. The molecule has 0 aliphatic heterocycles. The molecule has 0 saturated heterocycles. The second kappa shape index (κ2) is 3.10. The molecule has 2 atom stereocenters. The summed E-state index contributed by atoms with van der Waals surface area (Å²) in [6.07, 6.45) is 3.41. The molecule has 1 heteroatoms. The van der Waals surface area contributed by atoms with Gasteiger partial charge in [0.2, 0.25) is 0 Å². The predicted octanol–water partition coefficient (Wildman–Crippen LogP) is 2.51. The van der Waals surface area contributed by atoms with Crippen molar-refractivity contribution in [2.24, 2.45) is 11.8 Å². The van der Waals surface area contributed by atoms with Gasteiger partial charge in [0.25, 0.3) is 0 Å². The van der Waals surface area contributed by atoms with Gasteiger partial charge in [-0.15, -0.1) is 0 Å². The first-order valence-corrected chi connectivity index (χ1v) is 4.16. The number of carbonyl (C=O) groups is 1. The molecule has 1 aliphatic rings. The number of allylic oxidation sites excluding steroid dienone is 4. The van der Waals surface area contributed by atoms with Crippen LogP contribution in [0.15, 0.2) is 36.5 Å². The number of Topliss-reactive ketones (excluding diaryl/α,β-unsaturated/α-hetero) is 1. The third-order valence-electron chi connectivity index (χ3n) is 2.65. The SMILES string of the molecule is C=CC1=C(C=C)C(C)C(C)C1=O. The summed E-state index contributed by atoms with van der Waals surface area (Å²) in [6, 6.07) is 0. The second-order valence-electron chi connectivity index (χ2n) is 3.22. The van der Waals surface area contributed by atoms with Crippen molar-refractivity contribution >= 4 is 5.78 Å². The standard InChI is InChI=1S/C11H14O/c1-5-9-7(3)8(4)11(12)10(9)6-2/h5-8H,1-2H2,3-4H3. The first kappa shape index (κ1) is 8.98. The molecule has 0 fully saturated rings. The van der Waals surface area contributed by atoms with Gasteiger partial charge in [0.05, 0.1) is 0 Å². The van der Waals surface area contributed by atoms with Crippen molar-refractivity contribution in [3.05, 3.63) is 36.5 Å². The summed E-state index contributed by atoms with van der Waals surface area (Å²) in [5.74, 6) is 0.585. The highest BCUT2D eigenvalue weighted by Gasteiger charge is 2.32. The van der Waals surface area contributed by atoms with Gasteiger partial charge < -0.3 is 0 Å². The fourth-order valence-electron chi connectivity index (χ4n) is 1.64. The number of rotatable bonds is 2. The second-order valence-corrected chi connectivity index (χ2v) is 3.22. The molecule has 0 aromatic rings. The molecular formula is C11H14O. The topological polar surface area (TPSA) is 17.1 Å². The molecule has 0 radical (unpaired) electrons. The Labute approximate surface area is 73.5 Å². The molecule has 1 aliphatic carbocycles. The summed E-state index contributed by atoms with van der Waals surface area (Å²) in [6.45, 7) is 11.3. The Morgan fingerprint density at radius 2 is 1.75 bits per heavy atom. The van der Waals surface area contributed by atoms with Crippen LogP contribution in [0.5, 0.6) is 0 Å². The lowest BCUT2D eigenvalue weighted by Gasteiger charge is -2.08. The van der Waals surface area contributed by atoms with Crippen molar-refractivity contribution in [1.82, 2.24) is 0 Å². The molecule has 0 heterocycles. The summed E-state index contributed by atoms with van der Waals surface area (Å²) in [5, 5.41) is 0. The molecule has 64 valence electrons. The quantitative estimate of drug-likeness (QED) is 0.609. The molecule has 1 nitrogen and oxygen atoms in total. The van der Waals surface area contributed by atoms with Crippen molar-refractivity contribution in [1.29, 1.82) is 0 Å². The molecule has 12 heavy (non-hydrogen) atoms. The Morgan fingerprint density at radius 3 is 2.08 bits per heavy atom. The Bertz CT molecular complexity index is 271. The summed E-state index contributed by atoms with van der Waals surface area (Å²) >= 11 is 0. The predicted molar refractivity (Wildman–Crippen MR) is 50.8 cm³/mol. The van der Waals surface area contributed by atoms with E-state index in [4.69, 9.17) is 0 Å². The summed E-state index contributed by atoms with van der Waals surface area (Å²) in [7, 11) is 0. The zero-order valence-electron chi connectivity index (χ0n) is 7.63. The third kappa shape index (κ3) is 1.06. The fourth-order valence-corrected chi connectivity index (χ4v) is 1.64. The molecule has 0 amide bonds. The molecule has 0 saturated carbocycles. The largest absolute Gasteiger partial charge is 0.294 e. The molecule has 1 rings (SSSR count). The smallest absolute Gasteiger partial charge is 0.166 e. The third-order valence-corrected chi connectivity index (χ3v) is 2.65. The Balaban J connectivity index is 3.17. The highest BCUT2D eigenvalue weighted by Crippen LogP contribution is 2.34. The van der Waals surface area contributed by atoms with Crippen LogP contribution in [0.25, 0.3) is 0 Å². The molecule has 0 N–H and O–H groups in total. The van der Waals surface area contributed by atoms with E-state index in [2.05, 4.69) is 20.1 Å². The van der Waals surface area contributed by atoms with E-state index in [1.54, 1.807) is 12.2 Å². The normalized spacial score (nSPS) is 29.3. The van der Waals surface area contributed by atoms with E-state index >= 15 is 0 Å². The van der Waals surface area contributed by atoms with Crippen molar-refractivity contribution in [2.45, 2.75) is 13.8 Å². The van der Waals surface area contributed by atoms with E-state index < -0.39 is 0 Å². The van der Waals surface area contributed by atoms with Crippen LogP contribution in [0.2, 0.25) is 0 Å². The van der Waals surface area contributed by atoms with E-state index in [9.17, 15) is 4.79 Å². The molecule has 2 unspecified atom stereocenters. The number of hydrogen-bond acceptors (Lipinski definition) is 1. The summed E-state index contributed by atoms with van der Waals surface area (Å²) in [4.78, 5) is 11.5. The summed E-state index contributed by atoms with van der Waals surface area (Å²) in [5.41, 5.74) is 1.80.